The van der Waals surface area contributed by atoms with Gasteiger partial charge in [0, 0.05) is 65.0 Å². The number of rotatable bonds is 21. The van der Waals surface area contributed by atoms with Crippen LogP contribution < -0.4 is 31.9 Å². The Morgan fingerprint density at radius 2 is 1.00 bits per heavy atom. The van der Waals surface area contributed by atoms with E-state index in [1.54, 1.807) is 13.8 Å². The van der Waals surface area contributed by atoms with Crippen LogP contribution in [-0.4, -0.2) is 77.8 Å². The highest BCUT2D eigenvalue weighted by Gasteiger charge is 2.07. The maximum atomic E-state index is 12.0. The Bertz CT molecular complexity index is 867. The Morgan fingerprint density at radius 1 is 0.553 bits per heavy atom. The van der Waals surface area contributed by atoms with Crippen molar-refractivity contribution >= 4 is 35.5 Å². The van der Waals surface area contributed by atoms with Gasteiger partial charge in [0.15, 0.2) is 0 Å². The van der Waals surface area contributed by atoms with Gasteiger partial charge >= 0.3 is 0 Å². The number of nitrogens with zero attached hydrogens (tertiary/aromatic N) is 3. The monoisotopic (exact) mass is 535 g/mol. The lowest BCUT2D eigenvalue weighted by Gasteiger charge is -2.10. The lowest BCUT2D eigenvalue weighted by Crippen LogP contribution is -2.30. The number of aryl methyl sites for hydroxylation is 1. The zero-order valence-electron chi connectivity index (χ0n) is 23.1. The third-order valence-electron chi connectivity index (χ3n) is 5.34. The Morgan fingerprint density at radius 3 is 1.45 bits per heavy atom. The van der Waals surface area contributed by atoms with Gasteiger partial charge in [0.2, 0.25) is 35.5 Å². The maximum absolute atomic E-state index is 12.0. The predicted octanol–water partition coefficient (Wildman–Crippen LogP) is 1.02. The molecule has 13 heteroatoms. The molecule has 0 unspecified atom stereocenters. The second-order valence-electron chi connectivity index (χ2n) is 8.80. The third kappa shape index (κ3) is 17.0. The number of unbranched alkanes of at least 4 members (excludes halogenated alkanes) is 2. The summed E-state index contributed by atoms with van der Waals surface area (Å²) in [7, 11) is 0. The molecule has 38 heavy (non-hydrogen) atoms. The van der Waals surface area contributed by atoms with Crippen molar-refractivity contribution in [3.05, 3.63) is 5.82 Å². The van der Waals surface area contributed by atoms with Gasteiger partial charge in [-0.2, -0.15) is 15.0 Å². The van der Waals surface area contributed by atoms with Crippen LogP contribution in [0.15, 0.2) is 0 Å². The summed E-state index contributed by atoms with van der Waals surface area (Å²) in [6, 6.07) is 0. The van der Waals surface area contributed by atoms with Crippen LogP contribution in [0.3, 0.4) is 0 Å². The summed E-state index contributed by atoms with van der Waals surface area (Å²) in [5.74, 6) is 1.04. The summed E-state index contributed by atoms with van der Waals surface area (Å²) >= 11 is 0. The first-order chi connectivity index (χ1) is 18.3. The van der Waals surface area contributed by atoms with Crippen LogP contribution in [0.25, 0.3) is 0 Å². The molecule has 0 radical (unpaired) electrons. The molecule has 0 aromatic carbocycles. The van der Waals surface area contributed by atoms with E-state index < -0.39 is 0 Å². The van der Waals surface area contributed by atoms with Crippen molar-refractivity contribution in [1.29, 1.82) is 0 Å². The first-order valence-electron chi connectivity index (χ1n) is 13.6. The van der Waals surface area contributed by atoms with Crippen LogP contribution in [0.4, 0.5) is 11.9 Å². The number of amides is 4. The van der Waals surface area contributed by atoms with Gasteiger partial charge < -0.3 is 31.9 Å². The Balaban J connectivity index is 2.19. The number of aromatic nitrogens is 3. The van der Waals surface area contributed by atoms with Gasteiger partial charge in [-0.25, -0.2) is 0 Å². The van der Waals surface area contributed by atoms with Crippen molar-refractivity contribution in [2.75, 3.05) is 49.9 Å². The minimum absolute atomic E-state index is 0.00296. The van der Waals surface area contributed by atoms with Crippen molar-refractivity contribution in [3.63, 3.8) is 0 Å². The topological polar surface area (TPSA) is 179 Å². The van der Waals surface area contributed by atoms with Crippen molar-refractivity contribution in [1.82, 2.24) is 36.2 Å². The normalized spacial score (nSPS) is 10.4. The Kier molecular flexibility index (Phi) is 17.6. The van der Waals surface area contributed by atoms with Crippen molar-refractivity contribution in [3.8, 4) is 0 Å². The molecule has 0 aliphatic carbocycles. The highest BCUT2D eigenvalue weighted by molar-refractivity contribution is 5.77. The molecule has 1 heterocycles. The second-order valence-corrected chi connectivity index (χ2v) is 8.80. The van der Waals surface area contributed by atoms with Gasteiger partial charge in [-0.1, -0.05) is 26.7 Å². The van der Waals surface area contributed by atoms with Crippen LogP contribution in [0.2, 0.25) is 0 Å². The van der Waals surface area contributed by atoms with Gasteiger partial charge in [-0.15, -0.1) is 0 Å². The smallest absolute Gasteiger partial charge is 0.227 e. The summed E-state index contributed by atoms with van der Waals surface area (Å²) in [4.78, 5) is 59.5. The van der Waals surface area contributed by atoms with Gasteiger partial charge in [0.05, 0.1) is 0 Å². The number of carbonyl (C=O) groups excluding carboxylic acids is 4. The fourth-order valence-corrected chi connectivity index (χ4v) is 3.23. The molecule has 0 bridgehead atoms. The molecule has 4 amide bonds. The molecule has 214 valence electrons. The van der Waals surface area contributed by atoms with E-state index in [2.05, 4.69) is 53.8 Å². The van der Waals surface area contributed by atoms with E-state index in [9.17, 15) is 19.2 Å². The quantitative estimate of drug-likeness (QED) is 0.125. The van der Waals surface area contributed by atoms with Gasteiger partial charge in [0.25, 0.3) is 0 Å². The van der Waals surface area contributed by atoms with E-state index in [1.807, 2.05) is 0 Å². The molecule has 0 atom stereocenters. The molecule has 0 aliphatic heterocycles. The van der Waals surface area contributed by atoms with E-state index in [-0.39, 0.29) is 36.5 Å². The molecular weight excluding hydrogens is 490 g/mol. The average Bonchev–Trinajstić information content (AvgIpc) is 2.88. The molecule has 0 fully saturated rings. The molecule has 13 nitrogen and oxygen atoms in total. The molecule has 0 aliphatic rings. The molecular formula is C25H45N9O4. The zero-order valence-corrected chi connectivity index (χ0v) is 23.1. The minimum Gasteiger partial charge on any atom is -0.356 e. The number of carbonyl (C=O) groups is 4. The van der Waals surface area contributed by atoms with E-state index in [0.717, 1.165) is 19.3 Å². The lowest BCUT2D eigenvalue weighted by atomic mass is 10.2. The molecule has 6 N–H and O–H groups in total. The molecule has 1 aromatic rings. The van der Waals surface area contributed by atoms with Gasteiger partial charge in [-0.05, 0) is 26.2 Å². The third-order valence-corrected chi connectivity index (χ3v) is 5.34. The summed E-state index contributed by atoms with van der Waals surface area (Å²) in [6.45, 7) is 8.39. The number of anilines is 2. The molecule has 0 spiro atoms. The zero-order chi connectivity index (χ0) is 28.0. The van der Waals surface area contributed by atoms with Crippen LogP contribution in [0, 0.1) is 6.92 Å². The molecule has 1 rings (SSSR count). The lowest BCUT2D eigenvalue weighted by molar-refractivity contribution is -0.122. The van der Waals surface area contributed by atoms with Crippen molar-refractivity contribution in [2.24, 2.45) is 0 Å². The highest BCUT2D eigenvalue weighted by Crippen LogP contribution is 2.05. The average molecular weight is 536 g/mol. The SMILES string of the molecule is CCCCCC(=O)NCCCNC(=O)CCNc1nc(C)nc(NCCC(=O)NCCCNC(=O)CC)n1. The Hall–Kier alpha value is -3.51. The van der Waals surface area contributed by atoms with Crippen LogP contribution in [-0.2, 0) is 19.2 Å². The van der Waals surface area contributed by atoms with Crippen LogP contribution in [0.1, 0.15) is 77.5 Å². The van der Waals surface area contributed by atoms with Gasteiger partial charge in [0.1, 0.15) is 5.82 Å². The number of hydrogen-bond donors (Lipinski definition) is 6. The number of hydrogen-bond acceptors (Lipinski definition) is 9. The summed E-state index contributed by atoms with van der Waals surface area (Å²) in [6.07, 6.45) is 5.89. The fourth-order valence-electron chi connectivity index (χ4n) is 3.23. The largest absolute Gasteiger partial charge is 0.356 e. The highest BCUT2D eigenvalue weighted by atomic mass is 16.2. The Labute approximate surface area is 225 Å². The summed E-state index contributed by atoms with van der Waals surface area (Å²) < 4.78 is 0. The standard InChI is InChI=1S/C25H45N9O4/c1-4-6-7-10-21(36)27-14-9-16-29-23(38)12-18-31-25-33-19(3)32-24(34-25)30-17-11-22(37)28-15-8-13-26-20(35)5-2/h4-18H2,1-3H3,(H,26,35)(H,27,36)(H,28,37)(H,29,38)(H2,30,31,32,33,34). The number of nitrogens with one attached hydrogen (secondary N) is 6. The van der Waals surface area contributed by atoms with Gasteiger partial charge in [-0.3, -0.25) is 19.2 Å². The first kappa shape index (κ1) is 32.5. The predicted molar refractivity (Wildman–Crippen MR) is 146 cm³/mol. The molecule has 0 saturated carbocycles. The summed E-state index contributed by atoms with van der Waals surface area (Å²) in [5, 5.41) is 17.3. The van der Waals surface area contributed by atoms with E-state index >= 15 is 0 Å². The molecule has 1 aromatic heterocycles. The van der Waals surface area contributed by atoms with Crippen molar-refractivity contribution < 1.29 is 19.2 Å². The fraction of sp³-hybridized carbons (Fsp3) is 0.720. The van der Waals surface area contributed by atoms with Crippen molar-refractivity contribution in [2.45, 2.75) is 78.6 Å². The molecule has 0 saturated heterocycles. The minimum atomic E-state index is -0.108. The second kappa shape index (κ2) is 20.5. The van der Waals surface area contributed by atoms with Crippen LogP contribution >= 0.6 is 0 Å². The van der Waals surface area contributed by atoms with E-state index in [1.165, 1.54) is 0 Å². The first-order valence-corrected chi connectivity index (χ1v) is 13.6. The van der Waals surface area contributed by atoms with Crippen LogP contribution in [0.5, 0.6) is 0 Å². The van der Waals surface area contributed by atoms with E-state index in [4.69, 9.17) is 0 Å². The maximum Gasteiger partial charge on any atom is 0.227 e. The summed E-state index contributed by atoms with van der Waals surface area (Å²) in [5.41, 5.74) is 0. The van der Waals surface area contributed by atoms with E-state index in [0.29, 0.717) is 82.7 Å².